The predicted octanol–water partition coefficient (Wildman–Crippen LogP) is 4.17. The molecule has 1 aliphatic rings. The number of nitrogens with one attached hydrogen (secondary N) is 2. The minimum atomic E-state index is -0.604. The number of carbonyl (C=O) groups excluding carboxylic acids is 2. The van der Waals surface area contributed by atoms with Crippen LogP contribution in [0.15, 0.2) is 47.5 Å². The van der Waals surface area contributed by atoms with E-state index in [9.17, 15) is 14.0 Å². The molecule has 1 heterocycles. The third-order valence-corrected chi connectivity index (χ3v) is 5.24. The van der Waals surface area contributed by atoms with Crippen molar-refractivity contribution in [2.75, 3.05) is 11.9 Å². The summed E-state index contributed by atoms with van der Waals surface area (Å²) in [5.41, 5.74) is 1.50. The second kappa shape index (κ2) is 9.56. The predicted molar refractivity (Wildman–Crippen MR) is 113 cm³/mol. The van der Waals surface area contributed by atoms with Crippen molar-refractivity contribution in [3.8, 4) is 5.75 Å². The van der Waals surface area contributed by atoms with E-state index in [1.165, 1.54) is 6.07 Å². The van der Waals surface area contributed by atoms with Gasteiger partial charge in [-0.1, -0.05) is 36.9 Å². The van der Waals surface area contributed by atoms with Crippen molar-refractivity contribution in [3.05, 3.63) is 53.8 Å². The maximum absolute atomic E-state index is 13.7. The number of hydrogen-bond acceptors (Lipinski definition) is 5. The number of aryl methyl sites for hydroxylation is 1. The number of ether oxygens (including phenoxy) is 1. The molecule has 1 fully saturated rings. The molecule has 2 aromatic carbocycles. The maximum Gasteiger partial charge on any atom is 0.240 e. The molecule has 0 unspecified atom stereocenters. The summed E-state index contributed by atoms with van der Waals surface area (Å²) >= 11 is 1.16. The van der Waals surface area contributed by atoms with Crippen molar-refractivity contribution >= 4 is 40.1 Å². The Hall–Kier alpha value is -2.87. The van der Waals surface area contributed by atoms with Crippen molar-refractivity contribution < 1.29 is 18.7 Å². The number of halogens is 1. The van der Waals surface area contributed by atoms with Crippen LogP contribution >= 0.6 is 11.8 Å². The van der Waals surface area contributed by atoms with E-state index < -0.39 is 5.25 Å². The van der Waals surface area contributed by atoms with Crippen LogP contribution in [0.1, 0.15) is 25.3 Å². The van der Waals surface area contributed by atoms with Crippen LogP contribution in [0.5, 0.6) is 5.75 Å². The SMILES string of the molecule is CCCOc1ccccc1NC(=O)C[C@@H]1SC(=Nc2ccc(C)c(F)c2)NC1=O. The monoisotopic (exact) mass is 415 g/mol. The van der Waals surface area contributed by atoms with Crippen molar-refractivity contribution in [1.82, 2.24) is 5.32 Å². The Balaban J connectivity index is 1.62. The Morgan fingerprint density at radius 2 is 2.10 bits per heavy atom. The lowest BCUT2D eigenvalue weighted by atomic mass is 10.2. The molecular weight excluding hydrogens is 393 g/mol. The molecular formula is C21H22FN3O3S. The number of amidine groups is 1. The van der Waals surface area contributed by atoms with Crippen LogP contribution in [0.25, 0.3) is 0 Å². The average molecular weight is 415 g/mol. The quantitative estimate of drug-likeness (QED) is 0.711. The first kappa shape index (κ1) is 20.9. The summed E-state index contributed by atoms with van der Waals surface area (Å²) in [5.74, 6) is -0.365. The fourth-order valence-corrected chi connectivity index (χ4v) is 3.63. The molecule has 0 radical (unpaired) electrons. The van der Waals surface area contributed by atoms with Gasteiger partial charge in [-0.25, -0.2) is 9.38 Å². The summed E-state index contributed by atoms with van der Waals surface area (Å²) in [6.45, 7) is 4.22. The molecule has 2 N–H and O–H groups in total. The molecule has 0 saturated carbocycles. The number of benzene rings is 2. The number of hydrogen-bond donors (Lipinski definition) is 2. The molecule has 1 aliphatic heterocycles. The molecule has 0 spiro atoms. The lowest BCUT2D eigenvalue weighted by molar-refractivity contribution is -0.122. The standard InChI is InChI=1S/C21H22FN3O3S/c1-3-10-28-17-7-5-4-6-16(17)24-19(26)12-18-20(27)25-21(29-18)23-14-9-8-13(2)15(22)11-14/h4-9,11,18H,3,10,12H2,1-2H3,(H,24,26)(H,23,25,27)/t18-/m0/s1. The van der Waals surface area contributed by atoms with Crippen LogP contribution in [0.4, 0.5) is 15.8 Å². The molecule has 8 heteroatoms. The Morgan fingerprint density at radius 1 is 1.31 bits per heavy atom. The molecule has 1 atom stereocenters. The number of amides is 2. The summed E-state index contributed by atoms with van der Waals surface area (Å²) in [6.07, 6.45) is 0.841. The van der Waals surface area contributed by atoms with Gasteiger partial charge in [0.15, 0.2) is 5.17 Å². The molecule has 152 valence electrons. The normalized spacial score (nSPS) is 17.3. The molecule has 3 rings (SSSR count). The first-order valence-corrected chi connectivity index (χ1v) is 10.2. The second-order valence-electron chi connectivity index (χ2n) is 6.54. The Labute approximate surface area is 172 Å². The van der Waals surface area contributed by atoms with E-state index in [2.05, 4.69) is 15.6 Å². The van der Waals surface area contributed by atoms with Gasteiger partial charge in [0.05, 0.1) is 18.0 Å². The molecule has 29 heavy (non-hydrogen) atoms. The van der Waals surface area contributed by atoms with Crippen LogP contribution < -0.4 is 15.4 Å². The van der Waals surface area contributed by atoms with E-state index >= 15 is 0 Å². The highest BCUT2D eigenvalue weighted by Gasteiger charge is 2.32. The topological polar surface area (TPSA) is 79.8 Å². The number of rotatable bonds is 7. The van der Waals surface area contributed by atoms with Gasteiger partial charge in [0.2, 0.25) is 11.8 Å². The number of carbonyl (C=O) groups is 2. The molecule has 2 amide bonds. The summed E-state index contributed by atoms with van der Waals surface area (Å²) in [6, 6.07) is 11.8. The Kier molecular flexibility index (Phi) is 6.87. The molecule has 1 saturated heterocycles. The number of nitrogens with zero attached hydrogens (tertiary/aromatic N) is 1. The van der Waals surface area contributed by atoms with Gasteiger partial charge in [-0.15, -0.1) is 0 Å². The average Bonchev–Trinajstić information content (AvgIpc) is 3.02. The van der Waals surface area contributed by atoms with Gasteiger partial charge >= 0.3 is 0 Å². The Bertz CT molecular complexity index is 949. The molecule has 0 bridgehead atoms. The van der Waals surface area contributed by atoms with E-state index in [1.54, 1.807) is 37.3 Å². The number of para-hydroxylation sites is 2. The third kappa shape index (κ3) is 5.57. The van der Waals surface area contributed by atoms with E-state index in [4.69, 9.17) is 4.74 Å². The first-order chi connectivity index (χ1) is 14.0. The molecule has 6 nitrogen and oxygen atoms in total. The lowest BCUT2D eigenvalue weighted by Crippen LogP contribution is -2.28. The fraction of sp³-hybridized carbons (Fsp3) is 0.286. The highest BCUT2D eigenvalue weighted by atomic mass is 32.2. The van der Waals surface area contributed by atoms with Gasteiger partial charge in [0, 0.05) is 6.42 Å². The number of aliphatic imine (C=N–C) groups is 1. The smallest absolute Gasteiger partial charge is 0.240 e. The van der Waals surface area contributed by atoms with E-state index in [0.717, 1.165) is 18.2 Å². The summed E-state index contributed by atoms with van der Waals surface area (Å²) in [5, 5.41) is 5.19. The van der Waals surface area contributed by atoms with E-state index in [1.807, 2.05) is 13.0 Å². The Morgan fingerprint density at radius 3 is 2.86 bits per heavy atom. The summed E-state index contributed by atoms with van der Waals surface area (Å²) in [4.78, 5) is 28.9. The van der Waals surface area contributed by atoms with Crippen molar-refractivity contribution in [1.29, 1.82) is 0 Å². The van der Waals surface area contributed by atoms with Crippen LogP contribution in [0.2, 0.25) is 0 Å². The van der Waals surface area contributed by atoms with Gasteiger partial charge in [-0.05, 0) is 43.2 Å². The molecule has 2 aromatic rings. The van der Waals surface area contributed by atoms with Gasteiger partial charge in [-0.3, -0.25) is 9.59 Å². The minimum absolute atomic E-state index is 0.0140. The number of thioether (sulfide) groups is 1. The first-order valence-electron chi connectivity index (χ1n) is 9.30. The molecule has 0 aromatic heterocycles. The second-order valence-corrected chi connectivity index (χ2v) is 7.73. The molecule has 0 aliphatic carbocycles. The highest BCUT2D eigenvalue weighted by molar-refractivity contribution is 8.15. The number of anilines is 1. The van der Waals surface area contributed by atoms with Crippen LogP contribution in [-0.4, -0.2) is 28.8 Å². The lowest BCUT2D eigenvalue weighted by Gasteiger charge is -2.12. The third-order valence-electron chi connectivity index (χ3n) is 4.16. The van der Waals surface area contributed by atoms with E-state index in [-0.39, 0.29) is 24.1 Å². The van der Waals surface area contributed by atoms with Gasteiger partial charge < -0.3 is 15.4 Å². The van der Waals surface area contributed by atoms with Crippen LogP contribution in [0, 0.1) is 12.7 Å². The van der Waals surface area contributed by atoms with Gasteiger partial charge in [-0.2, -0.15) is 0 Å². The highest BCUT2D eigenvalue weighted by Crippen LogP contribution is 2.28. The summed E-state index contributed by atoms with van der Waals surface area (Å²) in [7, 11) is 0. The van der Waals surface area contributed by atoms with Crippen molar-refractivity contribution in [3.63, 3.8) is 0 Å². The largest absolute Gasteiger partial charge is 0.491 e. The van der Waals surface area contributed by atoms with Crippen molar-refractivity contribution in [2.24, 2.45) is 4.99 Å². The van der Waals surface area contributed by atoms with Gasteiger partial charge in [0.25, 0.3) is 0 Å². The summed E-state index contributed by atoms with van der Waals surface area (Å²) < 4.78 is 19.3. The van der Waals surface area contributed by atoms with Crippen molar-refractivity contribution in [2.45, 2.75) is 31.9 Å². The maximum atomic E-state index is 13.7. The van der Waals surface area contributed by atoms with Crippen LogP contribution in [-0.2, 0) is 9.59 Å². The minimum Gasteiger partial charge on any atom is -0.491 e. The van der Waals surface area contributed by atoms with E-state index in [0.29, 0.717) is 34.5 Å². The van der Waals surface area contributed by atoms with Gasteiger partial charge in [0.1, 0.15) is 16.8 Å². The zero-order valence-corrected chi connectivity index (χ0v) is 17.0. The van der Waals surface area contributed by atoms with Crippen LogP contribution in [0.3, 0.4) is 0 Å². The fourth-order valence-electron chi connectivity index (χ4n) is 2.64. The zero-order chi connectivity index (χ0) is 20.8. The zero-order valence-electron chi connectivity index (χ0n) is 16.2.